The van der Waals surface area contributed by atoms with Gasteiger partial charge in [0.2, 0.25) is 0 Å². The lowest BCUT2D eigenvalue weighted by Gasteiger charge is -1.93. The van der Waals surface area contributed by atoms with Crippen LogP contribution in [0.15, 0.2) is 18.3 Å². The maximum absolute atomic E-state index is 4.22. The van der Waals surface area contributed by atoms with Gasteiger partial charge in [-0.2, -0.15) is 0 Å². The fourth-order valence-electron chi connectivity index (χ4n) is 0.831. The van der Waals surface area contributed by atoms with Crippen molar-refractivity contribution < 1.29 is 0 Å². The molecule has 0 saturated heterocycles. The third-order valence-electron chi connectivity index (χ3n) is 1.40. The van der Waals surface area contributed by atoms with Gasteiger partial charge in [0.25, 0.3) is 0 Å². The van der Waals surface area contributed by atoms with Gasteiger partial charge in [0.15, 0.2) is 5.82 Å². The standard InChI is InChI=1S/C9H13N3/c1-8-5-7-11-9(12-8)4-3-6-10-2/h3-5,7,10H,6H2,1-2H3. The van der Waals surface area contributed by atoms with Gasteiger partial charge < -0.3 is 5.32 Å². The van der Waals surface area contributed by atoms with E-state index in [4.69, 9.17) is 0 Å². The van der Waals surface area contributed by atoms with Gasteiger partial charge in [-0.25, -0.2) is 9.97 Å². The zero-order valence-corrected chi connectivity index (χ0v) is 7.41. The minimum atomic E-state index is 0.769. The average molecular weight is 163 g/mol. The summed E-state index contributed by atoms with van der Waals surface area (Å²) in [7, 11) is 1.90. The molecule has 0 unspecified atom stereocenters. The molecule has 3 heteroatoms. The van der Waals surface area contributed by atoms with Crippen molar-refractivity contribution in [1.29, 1.82) is 0 Å². The van der Waals surface area contributed by atoms with Crippen molar-refractivity contribution in [3.63, 3.8) is 0 Å². The van der Waals surface area contributed by atoms with E-state index < -0.39 is 0 Å². The van der Waals surface area contributed by atoms with Gasteiger partial charge in [0.05, 0.1) is 0 Å². The molecule has 64 valence electrons. The largest absolute Gasteiger partial charge is 0.316 e. The second kappa shape index (κ2) is 4.62. The lowest BCUT2D eigenvalue weighted by Crippen LogP contribution is -2.03. The third kappa shape index (κ3) is 2.80. The van der Waals surface area contributed by atoms with Crippen molar-refractivity contribution >= 4 is 6.08 Å². The second-order valence-electron chi connectivity index (χ2n) is 2.52. The van der Waals surface area contributed by atoms with Crippen molar-refractivity contribution in [2.45, 2.75) is 6.92 Å². The van der Waals surface area contributed by atoms with Crippen molar-refractivity contribution in [1.82, 2.24) is 15.3 Å². The number of rotatable bonds is 3. The van der Waals surface area contributed by atoms with Crippen LogP contribution in [0.3, 0.4) is 0 Å². The molecule has 0 aromatic carbocycles. The molecule has 1 aromatic rings. The van der Waals surface area contributed by atoms with Gasteiger partial charge in [0, 0.05) is 18.4 Å². The van der Waals surface area contributed by atoms with Crippen LogP contribution in [0.1, 0.15) is 11.5 Å². The second-order valence-corrected chi connectivity index (χ2v) is 2.52. The highest BCUT2D eigenvalue weighted by Crippen LogP contribution is 1.94. The maximum Gasteiger partial charge on any atom is 0.151 e. The summed E-state index contributed by atoms with van der Waals surface area (Å²) in [6.07, 6.45) is 5.67. The summed E-state index contributed by atoms with van der Waals surface area (Å²) in [5, 5.41) is 3.01. The molecule has 0 aliphatic rings. The fraction of sp³-hybridized carbons (Fsp3) is 0.333. The van der Waals surface area contributed by atoms with E-state index in [1.807, 2.05) is 32.2 Å². The predicted octanol–water partition coefficient (Wildman–Crippen LogP) is 1.02. The number of nitrogens with one attached hydrogen (secondary N) is 1. The van der Waals surface area contributed by atoms with Gasteiger partial charge in [-0.1, -0.05) is 6.08 Å². The van der Waals surface area contributed by atoms with Gasteiger partial charge in [0.1, 0.15) is 0 Å². The predicted molar refractivity (Wildman–Crippen MR) is 49.7 cm³/mol. The first-order valence-corrected chi connectivity index (χ1v) is 3.93. The molecule has 0 atom stereocenters. The molecule has 0 bridgehead atoms. The molecule has 0 fully saturated rings. The number of nitrogens with zero attached hydrogens (tertiary/aromatic N) is 2. The van der Waals surface area contributed by atoms with E-state index >= 15 is 0 Å². The first kappa shape index (κ1) is 8.87. The van der Waals surface area contributed by atoms with E-state index in [9.17, 15) is 0 Å². The van der Waals surface area contributed by atoms with Crippen LogP contribution in [0.4, 0.5) is 0 Å². The molecule has 0 saturated carbocycles. The first-order chi connectivity index (χ1) is 5.83. The van der Waals surface area contributed by atoms with E-state index in [1.165, 1.54) is 0 Å². The number of likely N-dealkylation sites (N-methyl/N-ethyl adjacent to an activating group) is 1. The quantitative estimate of drug-likeness (QED) is 0.723. The molecule has 0 amide bonds. The molecule has 1 rings (SSSR count). The van der Waals surface area contributed by atoms with Crippen LogP contribution in [0.5, 0.6) is 0 Å². The summed E-state index contributed by atoms with van der Waals surface area (Å²) in [5.41, 5.74) is 0.995. The Morgan fingerprint density at radius 3 is 3.08 bits per heavy atom. The summed E-state index contributed by atoms with van der Waals surface area (Å²) in [5.74, 6) is 0.769. The fourth-order valence-corrected chi connectivity index (χ4v) is 0.831. The molecule has 1 N–H and O–H groups in total. The molecular formula is C9H13N3. The minimum Gasteiger partial charge on any atom is -0.316 e. The Balaban J connectivity index is 2.63. The summed E-state index contributed by atoms with van der Waals surface area (Å²) >= 11 is 0. The Morgan fingerprint density at radius 2 is 2.42 bits per heavy atom. The zero-order chi connectivity index (χ0) is 8.81. The molecule has 0 spiro atoms. The number of hydrogen-bond donors (Lipinski definition) is 1. The van der Waals surface area contributed by atoms with Gasteiger partial charge >= 0.3 is 0 Å². The molecule has 1 aromatic heterocycles. The Morgan fingerprint density at radius 1 is 1.58 bits per heavy atom. The normalized spacial score (nSPS) is 10.8. The smallest absolute Gasteiger partial charge is 0.151 e. The molecule has 1 heterocycles. The van der Waals surface area contributed by atoms with Crippen molar-refractivity contribution in [3.05, 3.63) is 29.9 Å². The van der Waals surface area contributed by atoms with Crippen LogP contribution < -0.4 is 5.32 Å². The highest BCUT2D eigenvalue weighted by molar-refractivity contribution is 5.39. The summed E-state index contributed by atoms with van der Waals surface area (Å²) in [4.78, 5) is 8.30. The molecule has 0 aliphatic carbocycles. The Bertz CT molecular complexity index is 268. The summed E-state index contributed by atoms with van der Waals surface area (Å²) in [6, 6.07) is 1.88. The highest BCUT2D eigenvalue weighted by Gasteiger charge is 1.88. The monoisotopic (exact) mass is 163 g/mol. The van der Waals surface area contributed by atoms with E-state index in [-0.39, 0.29) is 0 Å². The van der Waals surface area contributed by atoms with Crippen LogP contribution in [0.25, 0.3) is 6.08 Å². The maximum atomic E-state index is 4.22. The summed E-state index contributed by atoms with van der Waals surface area (Å²) < 4.78 is 0. The van der Waals surface area contributed by atoms with Gasteiger partial charge in [-0.3, -0.25) is 0 Å². The molecule has 12 heavy (non-hydrogen) atoms. The van der Waals surface area contributed by atoms with Crippen LogP contribution in [0, 0.1) is 6.92 Å². The van der Waals surface area contributed by atoms with E-state index in [2.05, 4.69) is 15.3 Å². The van der Waals surface area contributed by atoms with Crippen LogP contribution in [0.2, 0.25) is 0 Å². The zero-order valence-electron chi connectivity index (χ0n) is 7.41. The average Bonchev–Trinajstić information content (AvgIpc) is 2.05. The van der Waals surface area contributed by atoms with E-state index in [1.54, 1.807) is 6.20 Å². The first-order valence-electron chi connectivity index (χ1n) is 3.93. The SMILES string of the molecule is CNCC=Cc1nccc(C)n1. The Labute approximate surface area is 72.6 Å². The van der Waals surface area contributed by atoms with Crippen molar-refractivity contribution in [2.75, 3.05) is 13.6 Å². The number of hydrogen-bond acceptors (Lipinski definition) is 3. The van der Waals surface area contributed by atoms with Crippen LogP contribution in [-0.4, -0.2) is 23.6 Å². The van der Waals surface area contributed by atoms with E-state index in [0.717, 1.165) is 18.1 Å². The number of aryl methyl sites for hydroxylation is 1. The molecule has 0 aliphatic heterocycles. The molecule has 3 nitrogen and oxygen atoms in total. The number of aromatic nitrogens is 2. The highest BCUT2D eigenvalue weighted by atomic mass is 14.9. The van der Waals surface area contributed by atoms with E-state index in [0.29, 0.717) is 0 Å². The molecular weight excluding hydrogens is 150 g/mol. The van der Waals surface area contributed by atoms with Gasteiger partial charge in [-0.05, 0) is 26.1 Å². The Kier molecular flexibility index (Phi) is 3.41. The topological polar surface area (TPSA) is 37.8 Å². The van der Waals surface area contributed by atoms with Gasteiger partial charge in [-0.15, -0.1) is 0 Å². The molecule has 0 radical (unpaired) electrons. The minimum absolute atomic E-state index is 0.769. The van der Waals surface area contributed by atoms with Crippen LogP contribution in [-0.2, 0) is 0 Å². The summed E-state index contributed by atoms with van der Waals surface area (Å²) in [6.45, 7) is 2.80. The van der Waals surface area contributed by atoms with Crippen molar-refractivity contribution in [3.8, 4) is 0 Å². The van der Waals surface area contributed by atoms with Crippen LogP contribution >= 0.6 is 0 Å². The third-order valence-corrected chi connectivity index (χ3v) is 1.40. The van der Waals surface area contributed by atoms with Crippen molar-refractivity contribution in [2.24, 2.45) is 0 Å². The lowest BCUT2D eigenvalue weighted by molar-refractivity contribution is 0.921. The Hall–Kier alpha value is -1.22. The lowest BCUT2D eigenvalue weighted by atomic mass is 10.4.